The first-order valence-electron chi connectivity index (χ1n) is 21.6. The molecule has 14 heteroatoms. The molecule has 14 nitrogen and oxygen atoms in total. The first-order valence-corrected chi connectivity index (χ1v) is 21.6. The summed E-state index contributed by atoms with van der Waals surface area (Å²) in [7, 11) is 1.47. The number of hydrogen-bond acceptors (Lipinski definition) is 11. The summed E-state index contributed by atoms with van der Waals surface area (Å²) in [5.74, 6) is -4.73. The maximum absolute atomic E-state index is 14.5. The number of rotatable bonds is 22. The lowest BCUT2D eigenvalue weighted by molar-refractivity contribution is -0.144. The number of amides is 3. The Morgan fingerprint density at radius 3 is 2.22 bits per heavy atom. The Balaban J connectivity index is 1.61. The highest BCUT2D eigenvalue weighted by atomic mass is 16.6. The highest BCUT2D eigenvalue weighted by Gasteiger charge is 2.38. The van der Waals surface area contributed by atoms with Gasteiger partial charge in [-0.15, -0.1) is 0 Å². The van der Waals surface area contributed by atoms with Gasteiger partial charge in [0.1, 0.15) is 41.3 Å². The number of benzene rings is 2. The van der Waals surface area contributed by atoms with E-state index in [0.717, 1.165) is 32.1 Å². The second kappa shape index (κ2) is 23.2. The number of aromatic hydroxyl groups is 2. The SMILES string of the molecule is CCCCCCCC(=O)CCCC(=O)C[C@@H](CCCCN)C(=O)N(C)[C@@H]1C(=O)C[C@@H](C)C(=O)N[C@H](C(=O)N[C@@H](C)C(=O)C2CO2)Cc2ccc(O)c(c2)-c2cc1ccc2O. The lowest BCUT2D eigenvalue weighted by Crippen LogP contribution is -2.53. The van der Waals surface area contributed by atoms with Gasteiger partial charge in [-0.3, -0.25) is 33.6 Å². The predicted octanol–water partition coefficient (Wildman–Crippen LogP) is 5.18. The normalized spacial score (nSPS) is 19.9. The third-order valence-corrected chi connectivity index (χ3v) is 11.5. The minimum absolute atomic E-state index is 0.0492. The molecule has 2 aromatic carbocycles. The van der Waals surface area contributed by atoms with Crippen molar-refractivity contribution in [3.8, 4) is 22.6 Å². The molecule has 2 aromatic rings. The molecule has 328 valence electrons. The third kappa shape index (κ3) is 13.8. The van der Waals surface area contributed by atoms with Crippen molar-refractivity contribution < 1.29 is 48.5 Å². The first-order chi connectivity index (χ1) is 28.6. The van der Waals surface area contributed by atoms with E-state index in [-0.39, 0.29) is 72.3 Å². The van der Waals surface area contributed by atoms with Gasteiger partial charge in [0.25, 0.3) is 0 Å². The highest BCUT2D eigenvalue weighted by Crippen LogP contribution is 2.39. The molecule has 60 heavy (non-hydrogen) atoms. The van der Waals surface area contributed by atoms with Gasteiger partial charge in [-0.05, 0) is 74.5 Å². The molecule has 4 bridgehead atoms. The van der Waals surface area contributed by atoms with Crippen molar-refractivity contribution in [3.63, 3.8) is 0 Å². The van der Waals surface area contributed by atoms with Gasteiger partial charge in [-0.2, -0.15) is 0 Å². The Morgan fingerprint density at radius 1 is 0.883 bits per heavy atom. The summed E-state index contributed by atoms with van der Waals surface area (Å²) in [5, 5.41) is 27.6. The molecule has 1 saturated heterocycles. The monoisotopic (exact) mass is 832 g/mol. The van der Waals surface area contributed by atoms with Gasteiger partial charge < -0.3 is 36.2 Å². The molecule has 0 spiro atoms. The Labute approximate surface area is 353 Å². The van der Waals surface area contributed by atoms with Crippen LogP contribution in [0, 0.1) is 11.8 Å². The number of Topliss-reactive ketones (excluding diaryl/α,β-unsaturated/α-hetero) is 4. The molecular formula is C46H64N4O10. The minimum Gasteiger partial charge on any atom is -0.507 e. The molecule has 6 N–H and O–H groups in total. The number of nitrogens with two attached hydrogens (primary N) is 1. The van der Waals surface area contributed by atoms with Crippen LogP contribution in [0.2, 0.25) is 0 Å². The number of carbonyl (C=O) groups is 7. The molecule has 2 heterocycles. The Morgan fingerprint density at radius 2 is 1.53 bits per heavy atom. The Bertz CT molecular complexity index is 1860. The van der Waals surface area contributed by atoms with E-state index in [4.69, 9.17) is 10.5 Å². The average molecular weight is 833 g/mol. The van der Waals surface area contributed by atoms with Crippen molar-refractivity contribution in [2.45, 2.75) is 141 Å². The number of phenolic OH excluding ortho intramolecular Hbond substituents is 2. The number of ether oxygens (including phenoxy) is 1. The molecule has 6 atom stereocenters. The van der Waals surface area contributed by atoms with Crippen LogP contribution in [-0.4, -0.2) is 94.4 Å². The van der Waals surface area contributed by atoms with Crippen LogP contribution < -0.4 is 16.4 Å². The maximum atomic E-state index is 14.5. The standard InChI is InChI=1S/C46H64N4O10/c1-5-6-7-8-9-14-33(51)15-12-16-34(52)25-32(13-10-11-21-47)46(59)50(4)42-31-18-20-39(54)36(26-31)35-23-30(17-19-38(35)53)24-37(49-44(57)28(2)22-40(42)55)45(58)48-29(3)43(56)41-27-60-41/h17-20,23,26,28-29,32,37,41-42,53-54H,5-16,21-22,24-25,27,47H2,1-4H3,(H,48,58)(H,49,57)/t28-,29+,32-,37+,41?,42+/m1/s1. The number of fused-ring (bicyclic) bond motifs is 5. The van der Waals surface area contributed by atoms with Gasteiger partial charge >= 0.3 is 0 Å². The number of carbonyl (C=O) groups excluding carboxylic acids is 7. The van der Waals surface area contributed by atoms with Crippen molar-refractivity contribution >= 4 is 40.9 Å². The fourth-order valence-corrected chi connectivity index (χ4v) is 7.81. The van der Waals surface area contributed by atoms with Gasteiger partial charge in [0.05, 0.1) is 12.6 Å². The van der Waals surface area contributed by atoms with Crippen molar-refractivity contribution in [1.29, 1.82) is 0 Å². The molecule has 4 rings (SSSR count). The molecule has 2 aliphatic heterocycles. The summed E-state index contributed by atoms with van der Waals surface area (Å²) in [6, 6.07) is 5.57. The van der Waals surface area contributed by atoms with Crippen molar-refractivity contribution in [2.75, 3.05) is 20.2 Å². The number of ketones is 4. The van der Waals surface area contributed by atoms with Crippen LogP contribution in [0.3, 0.4) is 0 Å². The van der Waals surface area contributed by atoms with Crippen LogP contribution in [-0.2, 0) is 44.7 Å². The smallest absolute Gasteiger partial charge is 0.243 e. The zero-order valence-electron chi connectivity index (χ0n) is 35.6. The third-order valence-electron chi connectivity index (χ3n) is 11.5. The zero-order valence-corrected chi connectivity index (χ0v) is 35.6. The fraction of sp³-hybridized carbons (Fsp3) is 0.587. The van der Waals surface area contributed by atoms with E-state index in [2.05, 4.69) is 17.6 Å². The van der Waals surface area contributed by atoms with Crippen molar-refractivity contribution in [2.24, 2.45) is 17.6 Å². The van der Waals surface area contributed by atoms with Crippen LogP contribution in [0.15, 0.2) is 36.4 Å². The molecule has 0 saturated carbocycles. The molecule has 0 radical (unpaired) electrons. The lowest BCUT2D eigenvalue weighted by Gasteiger charge is -2.32. The van der Waals surface area contributed by atoms with E-state index in [1.165, 1.54) is 50.1 Å². The number of unbranched alkanes of at least 4 members (excludes halogenated alkanes) is 5. The van der Waals surface area contributed by atoms with Gasteiger partial charge in [0.15, 0.2) is 11.6 Å². The van der Waals surface area contributed by atoms with E-state index >= 15 is 0 Å². The Kier molecular flexibility index (Phi) is 18.4. The van der Waals surface area contributed by atoms with E-state index < -0.39 is 59.6 Å². The van der Waals surface area contributed by atoms with Crippen molar-refractivity contribution in [3.05, 3.63) is 47.5 Å². The number of hydrogen-bond donors (Lipinski definition) is 5. The van der Waals surface area contributed by atoms with Crippen LogP contribution in [0.1, 0.15) is 128 Å². The minimum atomic E-state index is -1.27. The summed E-state index contributed by atoms with van der Waals surface area (Å²) in [6.45, 7) is 5.87. The second-order valence-electron chi connectivity index (χ2n) is 16.6. The molecular weight excluding hydrogens is 769 g/mol. The van der Waals surface area contributed by atoms with Gasteiger partial charge in [-0.1, -0.05) is 58.1 Å². The summed E-state index contributed by atoms with van der Waals surface area (Å²) < 4.78 is 5.07. The van der Waals surface area contributed by atoms with E-state index in [1.54, 1.807) is 12.1 Å². The maximum Gasteiger partial charge on any atom is 0.243 e. The summed E-state index contributed by atoms with van der Waals surface area (Å²) in [5.41, 5.74) is 6.94. The summed E-state index contributed by atoms with van der Waals surface area (Å²) in [4.78, 5) is 95.9. The first kappa shape index (κ1) is 47.7. The Hall–Kier alpha value is -4.95. The van der Waals surface area contributed by atoms with Crippen LogP contribution >= 0.6 is 0 Å². The second-order valence-corrected chi connectivity index (χ2v) is 16.6. The average Bonchev–Trinajstić information content (AvgIpc) is 4.06. The quantitative estimate of drug-likeness (QED) is 0.0768. The molecule has 2 aliphatic rings. The highest BCUT2D eigenvalue weighted by molar-refractivity contribution is 5.98. The topological polar surface area (TPSA) is 226 Å². The van der Waals surface area contributed by atoms with E-state index in [1.807, 2.05) is 0 Å². The predicted molar refractivity (Wildman–Crippen MR) is 226 cm³/mol. The zero-order chi connectivity index (χ0) is 43.9. The summed E-state index contributed by atoms with van der Waals surface area (Å²) in [6.07, 6.45) is 7.02. The van der Waals surface area contributed by atoms with Gasteiger partial charge in [-0.25, -0.2) is 0 Å². The molecule has 0 aromatic heterocycles. The van der Waals surface area contributed by atoms with Crippen LogP contribution in [0.25, 0.3) is 11.1 Å². The van der Waals surface area contributed by atoms with Gasteiger partial charge in [0.2, 0.25) is 17.7 Å². The van der Waals surface area contributed by atoms with E-state index in [0.29, 0.717) is 56.2 Å². The largest absolute Gasteiger partial charge is 0.507 e. The number of nitrogens with zero attached hydrogens (tertiary/aromatic N) is 1. The lowest BCUT2D eigenvalue weighted by atomic mass is 9.88. The van der Waals surface area contributed by atoms with E-state index in [9.17, 15) is 43.8 Å². The fourth-order valence-electron chi connectivity index (χ4n) is 7.81. The number of likely N-dealkylation sites (N-methyl/N-ethyl adjacent to an activating group) is 1. The van der Waals surface area contributed by atoms with Crippen LogP contribution in [0.5, 0.6) is 11.5 Å². The number of epoxide rings is 1. The number of nitrogens with one attached hydrogen (secondary N) is 2. The molecule has 1 fully saturated rings. The number of phenols is 2. The molecule has 1 unspecified atom stereocenters. The molecule has 3 amide bonds. The summed E-state index contributed by atoms with van der Waals surface area (Å²) >= 11 is 0. The van der Waals surface area contributed by atoms with Gasteiger partial charge in [0, 0.05) is 68.5 Å². The van der Waals surface area contributed by atoms with Crippen LogP contribution in [0.4, 0.5) is 0 Å². The molecule has 0 aliphatic carbocycles. The van der Waals surface area contributed by atoms with Crippen molar-refractivity contribution in [1.82, 2.24) is 15.5 Å².